The zero-order valence-corrected chi connectivity index (χ0v) is 25.7. The summed E-state index contributed by atoms with van der Waals surface area (Å²) in [7, 11) is -1.57. The summed E-state index contributed by atoms with van der Waals surface area (Å²) in [5, 5.41) is 0. The van der Waals surface area contributed by atoms with Crippen LogP contribution >= 0.6 is 0 Å². The number of carbonyl (C=O) groups excluding carboxylic acids is 1. The number of esters is 1. The Balaban J connectivity index is 1.84. The van der Waals surface area contributed by atoms with E-state index in [9.17, 15) is 4.79 Å². The van der Waals surface area contributed by atoms with Crippen LogP contribution in [0.1, 0.15) is 39.6 Å². The molecule has 0 amide bonds. The topological polar surface area (TPSA) is 86.0 Å². The quantitative estimate of drug-likeness (QED) is 0.163. The van der Waals surface area contributed by atoms with Gasteiger partial charge in [0.25, 0.3) is 0 Å². The number of aryl methyl sites for hydroxylation is 1. The third kappa shape index (κ3) is 5.81. The summed E-state index contributed by atoms with van der Waals surface area (Å²) in [6.07, 6.45) is 0.0852. The lowest BCUT2D eigenvalue weighted by atomic mass is 9.99. The van der Waals surface area contributed by atoms with Crippen LogP contribution in [0.25, 0.3) is 11.3 Å². The summed E-state index contributed by atoms with van der Waals surface area (Å²) < 4.78 is 48.9. The summed E-state index contributed by atoms with van der Waals surface area (Å²) >= 11 is 0. The van der Waals surface area contributed by atoms with Gasteiger partial charge in [-0.2, -0.15) is 4.31 Å². The molecule has 1 aliphatic heterocycles. The first-order chi connectivity index (χ1) is 20.7. The summed E-state index contributed by atoms with van der Waals surface area (Å²) in [4.78, 5) is 13.8. The number of hydrogen-bond donors (Lipinski definition) is 0. The van der Waals surface area contributed by atoms with E-state index >= 15 is 8.42 Å². The average molecular weight is 598 g/mol. The molecule has 0 saturated carbocycles. The second kappa shape index (κ2) is 12.5. The standard InChI is InChI=1S/C35H35NO6S/c1-23-21-32(40-4)24(2)25(3)34(23)43(38,39)36(29(35(37)41-5)22-26-13-8-6-9-14-26)33(28-15-10-7-11-16-28)31-20-19-27-17-12-18-30(27)42-31/h6-21,29,33H,22H2,1-5H3. The van der Waals surface area contributed by atoms with Gasteiger partial charge in [-0.15, -0.1) is 0 Å². The first-order valence-electron chi connectivity index (χ1n) is 14.0. The van der Waals surface area contributed by atoms with Crippen LogP contribution in [0, 0.1) is 20.8 Å². The van der Waals surface area contributed by atoms with E-state index in [0.717, 1.165) is 11.1 Å². The van der Waals surface area contributed by atoms with Gasteiger partial charge in [0, 0.05) is 5.56 Å². The van der Waals surface area contributed by atoms with Crippen molar-refractivity contribution < 1.29 is 27.1 Å². The lowest BCUT2D eigenvalue weighted by Gasteiger charge is -2.36. The van der Waals surface area contributed by atoms with E-state index in [1.807, 2.05) is 91.9 Å². The van der Waals surface area contributed by atoms with Crippen molar-refractivity contribution in [2.75, 3.05) is 14.2 Å². The fourth-order valence-corrected chi connectivity index (χ4v) is 7.89. The molecule has 0 radical (unpaired) electrons. The number of fused-ring (bicyclic) bond motifs is 1. The lowest BCUT2D eigenvalue weighted by Crippen LogP contribution is -2.49. The summed E-state index contributed by atoms with van der Waals surface area (Å²) in [6, 6.07) is 27.3. The highest BCUT2D eigenvalue weighted by Crippen LogP contribution is 2.41. The van der Waals surface area contributed by atoms with Crippen molar-refractivity contribution in [3.8, 4) is 17.1 Å². The van der Waals surface area contributed by atoms with Gasteiger partial charge >= 0.3 is 5.97 Å². The van der Waals surface area contributed by atoms with E-state index in [-0.39, 0.29) is 11.3 Å². The number of ether oxygens (including phenoxy) is 2. The van der Waals surface area contributed by atoms with Crippen molar-refractivity contribution in [3.63, 3.8) is 0 Å². The third-order valence-corrected chi connectivity index (χ3v) is 10.1. The third-order valence-electron chi connectivity index (χ3n) is 7.89. The van der Waals surface area contributed by atoms with Crippen molar-refractivity contribution in [1.82, 2.24) is 4.31 Å². The molecule has 5 rings (SSSR count). The molecule has 3 aromatic rings. The van der Waals surface area contributed by atoms with Crippen molar-refractivity contribution in [2.45, 2.75) is 44.2 Å². The maximum absolute atomic E-state index is 15.2. The molecule has 7 nitrogen and oxygen atoms in total. The van der Waals surface area contributed by atoms with Crippen LogP contribution in [0.2, 0.25) is 0 Å². The van der Waals surface area contributed by atoms with Crippen LogP contribution < -0.4 is 4.74 Å². The van der Waals surface area contributed by atoms with Gasteiger partial charge < -0.3 is 13.9 Å². The summed E-state index contributed by atoms with van der Waals surface area (Å²) in [5.41, 5.74) is 4.06. The maximum Gasteiger partial charge on any atom is 0.324 e. The Kier molecular flexibility index (Phi) is 8.71. The van der Waals surface area contributed by atoms with Crippen LogP contribution in [0.15, 0.2) is 106 Å². The number of benzene rings is 3. The monoisotopic (exact) mass is 597 g/mol. The van der Waals surface area contributed by atoms with Crippen LogP contribution in [0.5, 0.6) is 5.75 Å². The van der Waals surface area contributed by atoms with Gasteiger partial charge in [0.2, 0.25) is 10.0 Å². The Labute approximate surface area is 253 Å². The number of carbonyl (C=O) groups is 1. The minimum Gasteiger partial charge on any atom is -0.496 e. The largest absolute Gasteiger partial charge is 0.496 e. The molecule has 2 unspecified atom stereocenters. The number of nitrogens with zero attached hydrogens (tertiary/aromatic N) is 1. The minimum absolute atomic E-state index is 0.0852. The van der Waals surface area contributed by atoms with Crippen molar-refractivity contribution >= 4 is 16.0 Å². The Hall–Kier alpha value is -4.40. The van der Waals surface area contributed by atoms with E-state index in [1.54, 1.807) is 33.1 Å². The second-order valence-corrected chi connectivity index (χ2v) is 12.3. The number of methoxy groups -OCH3 is 2. The summed E-state index contributed by atoms with van der Waals surface area (Å²) in [5.74, 6) is 0.894. The highest BCUT2D eigenvalue weighted by molar-refractivity contribution is 7.89. The molecular formula is C35H35NO6S. The predicted molar refractivity (Wildman–Crippen MR) is 166 cm³/mol. The lowest BCUT2D eigenvalue weighted by molar-refractivity contribution is -0.145. The SMILES string of the molecule is COC(=O)C(Cc1ccccc1)N(C(c1ccccc1)c1ccc2cccc-2o1)S(=O)(=O)c1c(C)cc(OC)c(C)c1C. The molecule has 0 fully saturated rings. The smallest absolute Gasteiger partial charge is 0.324 e. The molecule has 8 heteroatoms. The molecule has 0 bridgehead atoms. The van der Waals surface area contributed by atoms with Crippen molar-refractivity contribution in [3.05, 3.63) is 131 Å². The Morgan fingerprint density at radius 3 is 2.16 bits per heavy atom. The van der Waals surface area contributed by atoms with E-state index in [0.29, 0.717) is 39.5 Å². The summed E-state index contributed by atoms with van der Waals surface area (Å²) in [6.45, 7) is 5.33. The predicted octanol–water partition coefficient (Wildman–Crippen LogP) is 6.88. The molecule has 1 aliphatic carbocycles. The normalized spacial score (nSPS) is 13.2. The molecule has 43 heavy (non-hydrogen) atoms. The molecular weight excluding hydrogens is 562 g/mol. The molecule has 0 spiro atoms. The van der Waals surface area contributed by atoms with Gasteiger partial charge in [-0.05, 0) is 79.3 Å². The molecule has 0 N–H and O–H groups in total. The van der Waals surface area contributed by atoms with Gasteiger partial charge in [-0.1, -0.05) is 72.8 Å². The second-order valence-electron chi connectivity index (χ2n) is 10.5. The zero-order chi connectivity index (χ0) is 30.7. The van der Waals surface area contributed by atoms with E-state index in [4.69, 9.17) is 13.9 Å². The van der Waals surface area contributed by atoms with E-state index in [1.165, 1.54) is 11.4 Å². The van der Waals surface area contributed by atoms with Gasteiger partial charge in [-0.3, -0.25) is 4.79 Å². The van der Waals surface area contributed by atoms with Crippen LogP contribution in [-0.2, 0) is 26.0 Å². The average Bonchev–Trinajstić information content (AvgIpc) is 3.49. The highest BCUT2D eigenvalue weighted by atomic mass is 32.2. The number of hydrogen-bond acceptors (Lipinski definition) is 6. The molecule has 222 valence electrons. The fraction of sp³-hybridized carbons (Fsp3) is 0.229. The zero-order valence-electron chi connectivity index (χ0n) is 24.9. The van der Waals surface area contributed by atoms with E-state index in [2.05, 4.69) is 0 Å². The molecule has 0 aromatic heterocycles. The Bertz CT molecular complexity index is 1800. The minimum atomic E-state index is -4.40. The van der Waals surface area contributed by atoms with Crippen LogP contribution in [0.4, 0.5) is 0 Å². The van der Waals surface area contributed by atoms with E-state index < -0.39 is 28.1 Å². The Morgan fingerprint density at radius 2 is 1.51 bits per heavy atom. The maximum atomic E-state index is 15.2. The Morgan fingerprint density at radius 1 is 0.837 bits per heavy atom. The number of sulfonamides is 1. The number of rotatable bonds is 10. The van der Waals surface area contributed by atoms with Crippen LogP contribution in [-0.4, -0.2) is 39.0 Å². The van der Waals surface area contributed by atoms with Crippen LogP contribution in [0.3, 0.4) is 0 Å². The molecule has 2 aliphatic rings. The van der Waals surface area contributed by atoms with Crippen molar-refractivity contribution in [1.29, 1.82) is 0 Å². The fourth-order valence-electron chi connectivity index (χ4n) is 5.67. The first kappa shape index (κ1) is 30.1. The molecule has 1 heterocycles. The van der Waals surface area contributed by atoms with Gasteiger partial charge in [-0.25, -0.2) is 8.42 Å². The highest BCUT2D eigenvalue weighted by Gasteiger charge is 2.45. The molecule has 3 aromatic carbocycles. The van der Waals surface area contributed by atoms with Gasteiger partial charge in [0.15, 0.2) is 0 Å². The van der Waals surface area contributed by atoms with Gasteiger partial charge in [0.1, 0.15) is 29.4 Å². The van der Waals surface area contributed by atoms with Crippen molar-refractivity contribution in [2.24, 2.45) is 0 Å². The molecule has 2 atom stereocenters. The van der Waals surface area contributed by atoms with Gasteiger partial charge in [0.05, 0.1) is 19.1 Å². The first-order valence-corrected chi connectivity index (χ1v) is 15.4. The molecule has 0 saturated heterocycles.